The molecule has 0 saturated carbocycles. The normalized spacial score (nSPS) is 14.4. The maximum Gasteiger partial charge on any atom is 0.341 e. The zero-order chi connectivity index (χ0) is 24.1. The van der Waals surface area contributed by atoms with Crippen LogP contribution in [0.4, 0.5) is 10.1 Å². The van der Waals surface area contributed by atoms with Crippen LogP contribution in [0.25, 0.3) is 0 Å². The van der Waals surface area contributed by atoms with Gasteiger partial charge >= 0.3 is 5.97 Å². The van der Waals surface area contributed by atoms with Crippen LogP contribution in [0.15, 0.2) is 77.6 Å². The number of allylic oxidation sites excluding steroid dienone is 4. The molecule has 0 radical (unpaired) electrons. The molecular formula is C27H34FNO4. The standard InChI is InChI=1S/C27H34FNO4/c1-5-7-12-21(13-8-6-2)29-26-16-15-22(17-25(26)28)33-18-20-11-9-10-14-23(20)24(19-31-3)27(30)32-4/h5-8,10,14-17,19,21,29H,9,11-13,18H2,1-4H3/b7-5+,8-6+,24-19+. The molecule has 1 aliphatic carbocycles. The number of hydrogen-bond acceptors (Lipinski definition) is 5. The third-order valence-electron chi connectivity index (χ3n) is 5.24. The number of methoxy groups -OCH3 is 2. The summed E-state index contributed by atoms with van der Waals surface area (Å²) in [5, 5.41) is 3.28. The van der Waals surface area contributed by atoms with Crippen molar-refractivity contribution >= 4 is 11.7 Å². The lowest BCUT2D eigenvalue weighted by Gasteiger charge is -2.19. The van der Waals surface area contributed by atoms with Crippen molar-refractivity contribution in [2.75, 3.05) is 26.1 Å². The summed E-state index contributed by atoms with van der Waals surface area (Å²) >= 11 is 0. The summed E-state index contributed by atoms with van der Waals surface area (Å²) in [6.45, 7) is 4.18. The van der Waals surface area contributed by atoms with Gasteiger partial charge in [0.15, 0.2) is 0 Å². The van der Waals surface area contributed by atoms with E-state index in [1.54, 1.807) is 12.1 Å². The van der Waals surface area contributed by atoms with E-state index in [-0.39, 0.29) is 18.5 Å². The minimum atomic E-state index is -0.484. The van der Waals surface area contributed by atoms with Crippen LogP contribution in [-0.2, 0) is 14.3 Å². The average molecular weight is 456 g/mol. The SMILES string of the molecule is C/C=C/CC(C/C=C/C)Nc1ccc(OCC2=C(/C(=C\OC)C(=O)OC)C=CCC2)cc1F. The second-order valence-electron chi connectivity index (χ2n) is 7.60. The first-order chi connectivity index (χ1) is 16.0. The highest BCUT2D eigenvalue weighted by Crippen LogP contribution is 2.28. The van der Waals surface area contributed by atoms with E-state index < -0.39 is 5.97 Å². The smallest absolute Gasteiger partial charge is 0.341 e. The van der Waals surface area contributed by atoms with E-state index in [1.807, 2.05) is 38.2 Å². The van der Waals surface area contributed by atoms with Gasteiger partial charge in [-0.2, -0.15) is 0 Å². The topological polar surface area (TPSA) is 56.8 Å². The molecule has 1 aliphatic rings. The first-order valence-electron chi connectivity index (χ1n) is 11.1. The Bertz CT molecular complexity index is 929. The lowest BCUT2D eigenvalue weighted by Crippen LogP contribution is -2.18. The summed E-state index contributed by atoms with van der Waals surface area (Å²) in [5.74, 6) is -0.429. The van der Waals surface area contributed by atoms with Crippen molar-refractivity contribution in [2.24, 2.45) is 0 Å². The summed E-state index contributed by atoms with van der Waals surface area (Å²) in [5.41, 5.74) is 2.41. The van der Waals surface area contributed by atoms with Gasteiger partial charge in [-0.1, -0.05) is 36.5 Å². The fraction of sp³-hybridized carbons (Fsp3) is 0.370. The van der Waals surface area contributed by atoms with Crippen molar-refractivity contribution in [1.29, 1.82) is 0 Å². The molecule has 178 valence electrons. The molecule has 0 spiro atoms. The number of halogens is 1. The van der Waals surface area contributed by atoms with Crippen LogP contribution in [0, 0.1) is 5.82 Å². The fourth-order valence-electron chi connectivity index (χ4n) is 3.50. The number of benzene rings is 1. The summed E-state index contributed by atoms with van der Waals surface area (Å²) in [6, 6.07) is 4.93. The maximum absolute atomic E-state index is 14.8. The summed E-state index contributed by atoms with van der Waals surface area (Å²) in [4.78, 5) is 12.2. The van der Waals surface area contributed by atoms with Gasteiger partial charge in [-0.25, -0.2) is 9.18 Å². The molecule has 0 heterocycles. The summed E-state index contributed by atoms with van der Waals surface area (Å²) in [7, 11) is 2.81. The van der Waals surface area contributed by atoms with Gasteiger partial charge in [-0.15, -0.1) is 0 Å². The Morgan fingerprint density at radius 1 is 1.18 bits per heavy atom. The van der Waals surface area contributed by atoms with Gasteiger partial charge < -0.3 is 19.5 Å². The van der Waals surface area contributed by atoms with Crippen LogP contribution < -0.4 is 10.1 Å². The Balaban J connectivity index is 2.15. The molecule has 1 N–H and O–H groups in total. The molecule has 0 atom stereocenters. The maximum atomic E-state index is 14.8. The number of hydrogen-bond donors (Lipinski definition) is 1. The molecule has 5 nitrogen and oxygen atoms in total. The highest BCUT2D eigenvalue weighted by Gasteiger charge is 2.20. The number of anilines is 1. The second kappa shape index (κ2) is 14.0. The van der Waals surface area contributed by atoms with Gasteiger partial charge in [0.05, 0.1) is 26.2 Å². The van der Waals surface area contributed by atoms with Crippen LogP contribution in [0.1, 0.15) is 39.5 Å². The summed E-state index contributed by atoms with van der Waals surface area (Å²) < 4.78 is 30.6. The highest BCUT2D eigenvalue weighted by molar-refractivity contribution is 5.94. The van der Waals surface area contributed by atoms with Gasteiger partial charge in [-0.3, -0.25) is 0 Å². The number of rotatable bonds is 12. The zero-order valence-electron chi connectivity index (χ0n) is 19.9. The predicted molar refractivity (Wildman–Crippen MR) is 131 cm³/mol. The molecule has 0 amide bonds. The van der Waals surface area contributed by atoms with Crippen molar-refractivity contribution in [1.82, 2.24) is 0 Å². The Morgan fingerprint density at radius 3 is 2.52 bits per heavy atom. The minimum absolute atomic E-state index is 0.102. The molecule has 0 bridgehead atoms. The van der Waals surface area contributed by atoms with E-state index >= 15 is 0 Å². The third-order valence-corrected chi connectivity index (χ3v) is 5.24. The number of carbonyl (C=O) groups is 1. The Morgan fingerprint density at radius 2 is 1.91 bits per heavy atom. The van der Waals surface area contributed by atoms with Crippen LogP contribution in [0.3, 0.4) is 0 Å². The van der Waals surface area contributed by atoms with Gasteiger partial charge in [0.1, 0.15) is 23.7 Å². The molecule has 33 heavy (non-hydrogen) atoms. The number of nitrogens with one attached hydrogen (secondary N) is 1. The van der Waals surface area contributed by atoms with Crippen molar-refractivity contribution in [2.45, 2.75) is 45.6 Å². The minimum Gasteiger partial charge on any atom is -0.503 e. The van der Waals surface area contributed by atoms with Crippen LogP contribution in [0.5, 0.6) is 5.75 Å². The molecule has 0 aromatic heterocycles. The number of ether oxygens (including phenoxy) is 3. The molecule has 6 heteroatoms. The van der Waals surface area contributed by atoms with Crippen LogP contribution >= 0.6 is 0 Å². The molecule has 0 aliphatic heterocycles. The fourth-order valence-corrected chi connectivity index (χ4v) is 3.50. The lowest BCUT2D eigenvalue weighted by molar-refractivity contribution is -0.135. The zero-order valence-corrected chi connectivity index (χ0v) is 19.9. The van der Waals surface area contributed by atoms with Crippen molar-refractivity contribution in [3.05, 3.63) is 83.5 Å². The lowest BCUT2D eigenvalue weighted by atomic mass is 9.93. The van der Waals surface area contributed by atoms with E-state index in [1.165, 1.54) is 26.5 Å². The Hall–Kier alpha value is -3.28. The Labute approximate surface area is 196 Å². The molecule has 2 rings (SSSR count). The molecule has 0 unspecified atom stereocenters. The molecular weight excluding hydrogens is 421 g/mol. The average Bonchev–Trinajstić information content (AvgIpc) is 2.84. The molecule has 0 fully saturated rings. The first-order valence-corrected chi connectivity index (χ1v) is 11.1. The van der Waals surface area contributed by atoms with Gasteiger partial charge in [0.2, 0.25) is 0 Å². The van der Waals surface area contributed by atoms with Gasteiger partial charge in [0, 0.05) is 12.1 Å². The summed E-state index contributed by atoms with van der Waals surface area (Å²) in [6.07, 6.45) is 16.5. The first kappa shape index (κ1) is 26.0. The quantitative estimate of drug-likeness (QED) is 0.174. The Kier molecular flexibility index (Phi) is 11.0. The van der Waals surface area contributed by atoms with Crippen molar-refractivity contribution in [3.8, 4) is 5.75 Å². The van der Waals surface area contributed by atoms with E-state index in [0.717, 1.165) is 31.3 Å². The van der Waals surface area contributed by atoms with Gasteiger partial charge in [-0.05, 0) is 62.8 Å². The van der Waals surface area contributed by atoms with E-state index in [9.17, 15) is 9.18 Å². The predicted octanol–water partition coefficient (Wildman–Crippen LogP) is 6.27. The van der Waals surface area contributed by atoms with Crippen LogP contribution in [0.2, 0.25) is 0 Å². The molecule has 0 saturated heterocycles. The third kappa shape index (κ3) is 7.97. The van der Waals surface area contributed by atoms with E-state index in [4.69, 9.17) is 14.2 Å². The highest BCUT2D eigenvalue weighted by atomic mass is 19.1. The number of carbonyl (C=O) groups excluding carboxylic acids is 1. The van der Waals surface area contributed by atoms with Crippen molar-refractivity contribution in [3.63, 3.8) is 0 Å². The van der Waals surface area contributed by atoms with E-state index in [2.05, 4.69) is 17.5 Å². The van der Waals surface area contributed by atoms with Crippen LogP contribution in [-0.4, -0.2) is 32.8 Å². The van der Waals surface area contributed by atoms with Crippen molar-refractivity contribution < 1.29 is 23.4 Å². The molecule has 1 aromatic rings. The largest absolute Gasteiger partial charge is 0.503 e. The monoisotopic (exact) mass is 455 g/mol. The second-order valence-corrected chi connectivity index (χ2v) is 7.60. The number of esters is 1. The van der Waals surface area contributed by atoms with E-state index in [0.29, 0.717) is 22.6 Å². The van der Waals surface area contributed by atoms with Gasteiger partial charge in [0.25, 0.3) is 0 Å². The molecule has 1 aromatic carbocycles.